The zero-order chi connectivity index (χ0) is 13.0. The van der Waals surface area contributed by atoms with E-state index in [-0.39, 0.29) is 5.84 Å². The van der Waals surface area contributed by atoms with Gasteiger partial charge in [-0.1, -0.05) is 36.0 Å². The van der Waals surface area contributed by atoms with Gasteiger partial charge in [-0.2, -0.15) is 0 Å². The average molecular weight is 264 g/mol. The van der Waals surface area contributed by atoms with Crippen LogP contribution < -0.4 is 5.73 Å². The summed E-state index contributed by atoms with van der Waals surface area (Å²) in [6.07, 6.45) is 6.55. The quantitative estimate of drug-likeness (QED) is 0.380. The van der Waals surface area contributed by atoms with E-state index in [1.165, 1.54) is 32.1 Å². The van der Waals surface area contributed by atoms with Crippen molar-refractivity contribution in [3.05, 3.63) is 29.3 Å². The Balaban J connectivity index is 2.20. The number of hydrogen-bond donors (Lipinski definition) is 2. The topological polar surface area (TPSA) is 58.6 Å². The van der Waals surface area contributed by atoms with Crippen molar-refractivity contribution in [2.75, 3.05) is 0 Å². The Morgan fingerprint density at radius 3 is 2.72 bits per heavy atom. The Morgan fingerprint density at radius 2 is 2.06 bits per heavy atom. The first kappa shape index (κ1) is 13.3. The van der Waals surface area contributed by atoms with Crippen LogP contribution in [0.1, 0.15) is 43.2 Å². The molecule has 1 saturated carbocycles. The summed E-state index contributed by atoms with van der Waals surface area (Å²) in [5.41, 5.74) is 7.74. The largest absolute Gasteiger partial charge is 0.409 e. The monoisotopic (exact) mass is 264 g/mol. The summed E-state index contributed by atoms with van der Waals surface area (Å²) in [5.74, 6) is 0.206. The first-order chi connectivity index (χ1) is 8.70. The van der Waals surface area contributed by atoms with E-state index in [1.807, 2.05) is 24.8 Å². The van der Waals surface area contributed by atoms with Gasteiger partial charge in [0.15, 0.2) is 5.84 Å². The Hall–Kier alpha value is -1.16. The van der Waals surface area contributed by atoms with Crippen LogP contribution in [0.15, 0.2) is 28.3 Å². The van der Waals surface area contributed by atoms with E-state index in [1.54, 1.807) is 0 Å². The Kier molecular flexibility index (Phi) is 4.53. The molecule has 0 saturated heterocycles. The second-order valence-electron chi connectivity index (χ2n) is 4.86. The van der Waals surface area contributed by atoms with Gasteiger partial charge in [0, 0.05) is 15.7 Å². The second kappa shape index (κ2) is 6.14. The van der Waals surface area contributed by atoms with Crippen LogP contribution in [-0.2, 0) is 0 Å². The lowest BCUT2D eigenvalue weighted by Crippen LogP contribution is -2.16. The molecule has 0 heterocycles. The summed E-state index contributed by atoms with van der Waals surface area (Å²) in [4.78, 5) is 1.13. The number of amidine groups is 1. The third-order valence-corrected chi connectivity index (χ3v) is 4.78. The van der Waals surface area contributed by atoms with Crippen molar-refractivity contribution < 1.29 is 5.21 Å². The van der Waals surface area contributed by atoms with Crippen LogP contribution in [0.2, 0.25) is 0 Å². The zero-order valence-corrected chi connectivity index (χ0v) is 11.5. The van der Waals surface area contributed by atoms with Gasteiger partial charge in [-0.25, -0.2) is 0 Å². The lowest BCUT2D eigenvalue weighted by Gasteiger charge is -2.22. The molecule has 18 heavy (non-hydrogen) atoms. The van der Waals surface area contributed by atoms with Gasteiger partial charge in [0.1, 0.15) is 0 Å². The van der Waals surface area contributed by atoms with E-state index < -0.39 is 0 Å². The molecule has 0 aliphatic heterocycles. The van der Waals surface area contributed by atoms with Crippen molar-refractivity contribution in [2.45, 2.75) is 49.2 Å². The van der Waals surface area contributed by atoms with E-state index in [9.17, 15) is 0 Å². The number of nitrogens with two attached hydrogens (primary N) is 1. The lowest BCUT2D eigenvalue weighted by atomic mass is 10.0. The number of benzene rings is 1. The fourth-order valence-corrected chi connectivity index (χ4v) is 3.73. The highest BCUT2D eigenvalue weighted by Gasteiger charge is 2.17. The third-order valence-electron chi connectivity index (χ3n) is 3.36. The number of hydrogen-bond acceptors (Lipinski definition) is 3. The fraction of sp³-hybridized carbons (Fsp3) is 0.500. The van der Waals surface area contributed by atoms with Crippen LogP contribution in [0, 0.1) is 6.92 Å². The average Bonchev–Trinajstić information content (AvgIpc) is 2.41. The van der Waals surface area contributed by atoms with Crippen LogP contribution in [-0.4, -0.2) is 16.3 Å². The summed E-state index contributed by atoms with van der Waals surface area (Å²) in [6.45, 7) is 2.02. The first-order valence-corrected chi connectivity index (χ1v) is 7.34. The second-order valence-corrected chi connectivity index (χ2v) is 6.20. The van der Waals surface area contributed by atoms with E-state index >= 15 is 0 Å². The van der Waals surface area contributed by atoms with Crippen molar-refractivity contribution >= 4 is 17.6 Å². The minimum absolute atomic E-state index is 0.206. The number of nitrogens with zero attached hydrogens (tertiary/aromatic N) is 1. The minimum atomic E-state index is 0.206. The van der Waals surface area contributed by atoms with Gasteiger partial charge in [-0.15, -0.1) is 11.8 Å². The standard InChI is InChI=1S/C14H20N2OS/c1-10-7-8-13(12(9-10)14(15)16-17)18-11-5-3-2-4-6-11/h7-9,11,17H,2-6H2,1H3,(H2,15,16). The van der Waals surface area contributed by atoms with Gasteiger partial charge in [0.2, 0.25) is 0 Å². The predicted molar refractivity (Wildman–Crippen MR) is 76.4 cm³/mol. The molecule has 1 fully saturated rings. The van der Waals surface area contributed by atoms with Crippen molar-refractivity contribution in [3.63, 3.8) is 0 Å². The minimum Gasteiger partial charge on any atom is -0.409 e. The summed E-state index contributed by atoms with van der Waals surface area (Å²) < 4.78 is 0. The van der Waals surface area contributed by atoms with Gasteiger partial charge in [-0.3, -0.25) is 0 Å². The normalized spacial score (nSPS) is 17.9. The summed E-state index contributed by atoms with van der Waals surface area (Å²) >= 11 is 1.87. The van der Waals surface area contributed by atoms with Gasteiger partial charge in [0.25, 0.3) is 0 Å². The van der Waals surface area contributed by atoms with Crippen LogP contribution in [0.25, 0.3) is 0 Å². The molecule has 3 N–H and O–H groups in total. The van der Waals surface area contributed by atoms with Gasteiger partial charge in [-0.05, 0) is 31.9 Å². The maximum atomic E-state index is 8.86. The number of rotatable bonds is 3. The molecule has 0 amide bonds. The SMILES string of the molecule is Cc1ccc(SC2CCCCC2)c(/C(N)=N/O)c1. The molecule has 0 bridgehead atoms. The van der Waals surface area contributed by atoms with Crippen molar-refractivity contribution in [2.24, 2.45) is 10.9 Å². The summed E-state index contributed by atoms with van der Waals surface area (Å²) in [5, 5.41) is 12.7. The highest BCUT2D eigenvalue weighted by Crippen LogP contribution is 2.35. The first-order valence-electron chi connectivity index (χ1n) is 6.46. The number of thioether (sulfide) groups is 1. The molecule has 0 spiro atoms. The fourth-order valence-electron chi connectivity index (χ4n) is 2.36. The molecule has 0 aromatic heterocycles. The molecule has 2 rings (SSSR count). The summed E-state index contributed by atoms with van der Waals surface area (Å²) in [6, 6.07) is 6.15. The smallest absolute Gasteiger partial charge is 0.171 e. The molecular weight excluding hydrogens is 244 g/mol. The Labute approximate surface area is 112 Å². The molecule has 0 unspecified atom stereocenters. The van der Waals surface area contributed by atoms with Crippen LogP contribution in [0.4, 0.5) is 0 Å². The lowest BCUT2D eigenvalue weighted by molar-refractivity contribution is 0.318. The highest BCUT2D eigenvalue weighted by atomic mass is 32.2. The third kappa shape index (κ3) is 3.19. The maximum absolute atomic E-state index is 8.86. The maximum Gasteiger partial charge on any atom is 0.171 e. The molecule has 1 aromatic rings. The van der Waals surface area contributed by atoms with E-state index in [0.29, 0.717) is 5.25 Å². The molecule has 1 aromatic carbocycles. The van der Waals surface area contributed by atoms with Crippen LogP contribution in [0.3, 0.4) is 0 Å². The number of aryl methyl sites for hydroxylation is 1. The van der Waals surface area contributed by atoms with E-state index in [2.05, 4.69) is 17.3 Å². The molecule has 3 nitrogen and oxygen atoms in total. The van der Waals surface area contributed by atoms with Crippen molar-refractivity contribution in [1.29, 1.82) is 0 Å². The molecule has 1 aliphatic carbocycles. The number of oxime groups is 1. The van der Waals surface area contributed by atoms with Gasteiger partial charge < -0.3 is 10.9 Å². The zero-order valence-electron chi connectivity index (χ0n) is 10.7. The molecule has 1 aliphatic rings. The highest BCUT2D eigenvalue weighted by molar-refractivity contribution is 8.00. The van der Waals surface area contributed by atoms with E-state index in [0.717, 1.165) is 16.0 Å². The van der Waals surface area contributed by atoms with Crippen LogP contribution >= 0.6 is 11.8 Å². The van der Waals surface area contributed by atoms with E-state index in [4.69, 9.17) is 10.9 Å². The Morgan fingerprint density at radius 1 is 1.33 bits per heavy atom. The summed E-state index contributed by atoms with van der Waals surface area (Å²) in [7, 11) is 0. The van der Waals surface area contributed by atoms with Gasteiger partial charge in [0.05, 0.1) is 0 Å². The van der Waals surface area contributed by atoms with Crippen molar-refractivity contribution in [1.82, 2.24) is 0 Å². The molecule has 0 radical (unpaired) electrons. The molecule has 98 valence electrons. The van der Waals surface area contributed by atoms with Crippen LogP contribution in [0.5, 0.6) is 0 Å². The molecule has 0 atom stereocenters. The van der Waals surface area contributed by atoms with Gasteiger partial charge >= 0.3 is 0 Å². The predicted octanol–water partition coefficient (Wildman–Crippen LogP) is 3.51. The molecule has 4 heteroatoms. The molecular formula is C14H20N2OS. The van der Waals surface area contributed by atoms with Crippen molar-refractivity contribution in [3.8, 4) is 0 Å². The Bertz CT molecular complexity index is 439.